The summed E-state index contributed by atoms with van der Waals surface area (Å²) < 4.78 is 7.31. The van der Waals surface area contributed by atoms with Crippen LogP contribution in [-0.4, -0.2) is 57.5 Å². The molecule has 2 aromatic carbocycles. The highest BCUT2D eigenvalue weighted by atomic mass is 35.5. The highest BCUT2D eigenvalue weighted by Crippen LogP contribution is 2.39. The molecule has 0 aliphatic carbocycles. The number of hydrogen-bond acceptors (Lipinski definition) is 9. The number of carbonyl (C=O) groups excluding carboxylic acids is 3. The first-order valence-corrected chi connectivity index (χ1v) is 17.1. The second-order valence-corrected chi connectivity index (χ2v) is 13.5. The number of fused-ring (bicyclic) bond motifs is 3. The predicted octanol–water partition coefficient (Wildman–Crippen LogP) is 5.60. The van der Waals surface area contributed by atoms with Crippen LogP contribution in [0.1, 0.15) is 88.3 Å². The van der Waals surface area contributed by atoms with Gasteiger partial charge in [0.25, 0.3) is 0 Å². The van der Waals surface area contributed by atoms with Gasteiger partial charge in [0.1, 0.15) is 16.9 Å². The number of aryl methyl sites for hydroxylation is 2. The van der Waals surface area contributed by atoms with E-state index in [2.05, 4.69) is 46.5 Å². The summed E-state index contributed by atoms with van der Waals surface area (Å²) in [4.78, 5) is 44.8. The van der Waals surface area contributed by atoms with Crippen LogP contribution >= 0.6 is 22.9 Å². The minimum absolute atomic E-state index is 0.0482. The van der Waals surface area contributed by atoms with Crippen molar-refractivity contribution in [2.75, 3.05) is 18.4 Å². The molecule has 49 heavy (non-hydrogen) atoms. The van der Waals surface area contributed by atoms with Gasteiger partial charge in [-0.15, -0.1) is 21.5 Å². The first kappa shape index (κ1) is 35.5. The Morgan fingerprint density at radius 2 is 1.84 bits per heavy atom. The Bertz CT molecular complexity index is 1990. The first-order valence-electron chi connectivity index (χ1n) is 15.9. The van der Waals surface area contributed by atoms with Crippen molar-refractivity contribution >= 4 is 52.1 Å². The van der Waals surface area contributed by atoms with Crippen LogP contribution in [-0.2, 0) is 14.3 Å². The molecule has 1 atom stereocenters. The van der Waals surface area contributed by atoms with Gasteiger partial charge < -0.3 is 21.1 Å². The molecule has 11 nitrogen and oxygen atoms in total. The van der Waals surface area contributed by atoms with Gasteiger partial charge in [-0.1, -0.05) is 35.6 Å². The molecule has 0 unspecified atom stereocenters. The molecule has 0 radical (unpaired) electrons. The Labute approximate surface area is 294 Å². The third-order valence-electron chi connectivity index (χ3n) is 7.83. The summed E-state index contributed by atoms with van der Waals surface area (Å²) >= 11 is 7.85. The molecule has 0 saturated heterocycles. The molecule has 0 saturated carbocycles. The van der Waals surface area contributed by atoms with Gasteiger partial charge in [0, 0.05) is 45.2 Å². The van der Waals surface area contributed by atoms with E-state index in [0.29, 0.717) is 39.9 Å². The van der Waals surface area contributed by atoms with Crippen molar-refractivity contribution < 1.29 is 19.1 Å². The van der Waals surface area contributed by atoms with E-state index in [0.717, 1.165) is 32.3 Å². The maximum absolute atomic E-state index is 13.3. The zero-order chi connectivity index (χ0) is 35.2. The average Bonchev–Trinajstić information content (AvgIpc) is 3.53. The van der Waals surface area contributed by atoms with Gasteiger partial charge in [-0.2, -0.15) is 0 Å². The zero-order valence-corrected chi connectivity index (χ0v) is 29.6. The highest BCUT2D eigenvalue weighted by molar-refractivity contribution is 7.15. The lowest BCUT2D eigenvalue weighted by Gasteiger charge is -2.13. The Hall–Kier alpha value is -4.83. The van der Waals surface area contributed by atoms with Crippen LogP contribution in [0.25, 0.3) is 5.00 Å². The van der Waals surface area contributed by atoms with Crippen molar-refractivity contribution in [2.24, 2.45) is 10.7 Å². The number of amides is 2. The number of hydrogen-bond donors (Lipinski definition) is 3. The molecule has 3 heterocycles. The standard InChI is InChI=1S/C36H38ClN7O4S/c1-20(2)48-36(47)28-15-14-27(18-25(28)8-6-16-38)40-30(45)9-7-17-39-31(46)19-29-34-43-42-23(5)44(34)35-32(21(3)22(4)49-35)33(41-29)24-10-12-26(37)13-11-24/h10-15,18,20,29H,7,9,16-17,19,38H2,1-5H3,(H,39,46)(H,40,45)/t29-/m0/s1. The van der Waals surface area contributed by atoms with E-state index in [1.54, 1.807) is 43.4 Å². The van der Waals surface area contributed by atoms with Gasteiger partial charge in [0.2, 0.25) is 11.8 Å². The van der Waals surface area contributed by atoms with E-state index >= 15 is 0 Å². The highest BCUT2D eigenvalue weighted by Gasteiger charge is 2.32. The lowest BCUT2D eigenvalue weighted by atomic mass is 9.99. The Morgan fingerprint density at radius 3 is 2.55 bits per heavy atom. The number of anilines is 1. The Kier molecular flexibility index (Phi) is 11.3. The van der Waals surface area contributed by atoms with E-state index in [-0.39, 0.29) is 43.8 Å². The van der Waals surface area contributed by atoms with Crippen molar-refractivity contribution in [3.05, 3.63) is 91.8 Å². The number of nitrogens with one attached hydrogen (secondary N) is 2. The van der Waals surface area contributed by atoms with Crippen molar-refractivity contribution in [3.8, 4) is 16.8 Å². The molecule has 0 fully saturated rings. The lowest BCUT2D eigenvalue weighted by Crippen LogP contribution is -2.27. The van der Waals surface area contributed by atoms with Gasteiger partial charge in [0.15, 0.2) is 5.82 Å². The molecule has 0 spiro atoms. The Balaban J connectivity index is 1.24. The van der Waals surface area contributed by atoms with E-state index in [1.165, 1.54) is 0 Å². The normalized spacial score (nSPS) is 13.4. The number of thiophene rings is 1. The summed E-state index contributed by atoms with van der Waals surface area (Å²) in [6.45, 7) is 9.98. The molecule has 254 valence electrons. The fraction of sp³-hybridized carbons (Fsp3) is 0.333. The first-order chi connectivity index (χ1) is 23.5. The van der Waals surface area contributed by atoms with Crippen LogP contribution in [0.3, 0.4) is 0 Å². The van der Waals surface area contributed by atoms with Crippen molar-refractivity contribution in [3.63, 3.8) is 0 Å². The molecule has 1 aliphatic rings. The van der Waals surface area contributed by atoms with E-state index in [1.807, 2.05) is 35.8 Å². The van der Waals surface area contributed by atoms with E-state index in [4.69, 9.17) is 27.1 Å². The van der Waals surface area contributed by atoms with Crippen molar-refractivity contribution in [1.82, 2.24) is 20.1 Å². The molecule has 4 aromatic rings. The fourth-order valence-electron chi connectivity index (χ4n) is 5.41. The molecule has 1 aliphatic heterocycles. The molecule has 2 aromatic heterocycles. The van der Waals surface area contributed by atoms with Gasteiger partial charge in [-0.25, -0.2) is 4.79 Å². The summed E-state index contributed by atoms with van der Waals surface area (Å²) in [5.41, 5.74) is 10.5. The number of nitrogens with two attached hydrogens (primary N) is 1. The predicted molar refractivity (Wildman–Crippen MR) is 192 cm³/mol. The number of nitrogens with zero attached hydrogens (tertiary/aromatic N) is 4. The van der Waals surface area contributed by atoms with Gasteiger partial charge in [-0.3, -0.25) is 19.1 Å². The Morgan fingerprint density at radius 1 is 1.08 bits per heavy atom. The minimum atomic E-state index is -0.591. The molecule has 0 bridgehead atoms. The quantitative estimate of drug-likeness (QED) is 0.111. The molecular weight excluding hydrogens is 662 g/mol. The topological polar surface area (TPSA) is 154 Å². The number of aliphatic imine (C=N–C) groups is 1. The fourth-order valence-corrected chi connectivity index (χ4v) is 6.75. The van der Waals surface area contributed by atoms with Crippen LogP contribution in [0.2, 0.25) is 5.02 Å². The van der Waals surface area contributed by atoms with E-state index < -0.39 is 12.0 Å². The summed E-state index contributed by atoms with van der Waals surface area (Å²) in [5, 5.41) is 16.2. The van der Waals surface area contributed by atoms with Crippen molar-refractivity contribution in [2.45, 2.75) is 66.0 Å². The second-order valence-electron chi connectivity index (χ2n) is 11.8. The molecular formula is C36H38ClN7O4S. The average molecular weight is 700 g/mol. The molecule has 5 rings (SSSR count). The summed E-state index contributed by atoms with van der Waals surface area (Å²) in [7, 11) is 0. The summed E-state index contributed by atoms with van der Waals surface area (Å²) in [5.74, 6) is 5.96. The molecule has 4 N–H and O–H groups in total. The number of ether oxygens (including phenoxy) is 1. The number of rotatable bonds is 10. The third kappa shape index (κ3) is 8.25. The molecule has 13 heteroatoms. The number of benzene rings is 2. The number of carbonyl (C=O) groups is 3. The monoisotopic (exact) mass is 699 g/mol. The smallest absolute Gasteiger partial charge is 0.339 e. The SMILES string of the molecule is Cc1sc2c(c1C)C(c1ccc(Cl)cc1)=N[C@@H](CC(=O)NCCCC(=O)Nc1ccc(C(=O)OC(C)C)c(C#CCN)c1)c1nnc(C)n1-2. The number of halogens is 1. The van der Waals surface area contributed by atoms with E-state index in [9.17, 15) is 14.4 Å². The summed E-state index contributed by atoms with van der Waals surface area (Å²) in [6, 6.07) is 11.7. The number of esters is 1. The molecule has 2 amide bonds. The largest absolute Gasteiger partial charge is 0.459 e. The van der Waals surface area contributed by atoms with Crippen LogP contribution in [0, 0.1) is 32.6 Å². The maximum atomic E-state index is 13.3. The third-order valence-corrected chi connectivity index (χ3v) is 9.27. The second kappa shape index (κ2) is 15.6. The minimum Gasteiger partial charge on any atom is -0.459 e. The van der Waals surface area contributed by atoms with Crippen LogP contribution in [0.4, 0.5) is 5.69 Å². The van der Waals surface area contributed by atoms with Crippen LogP contribution in [0.15, 0.2) is 47.5 Å². The van der Waals surface area contributed by atoms with Crippen molar-refractivity contribution in [1.29, 1.82) is 0 Å². The number of aromatic nitrogens is 3. The maximum Gasteiger partial charge on any atom is 0.339 e. The van der Waals surface area contributed by atoms with Gasteiger partial charge in [0.05, 0.1) is 30.3 Å². The van der Waals surface area contributed by atoms with Gasteiger partial charge in [-0.05, 0) is 76.9 Å². The van der Waals surface area contributed by atoms with Crippen LogP contribution < -0.4 is 16.4 Å². The summed E-state index contributed by atoms with van der Waals surface area (Å²) in [6.07, 6.45) is 0.329. The lowest BCUT2D eigenvalue weighted by molar-refractivity contribution is -0.122. The van der Waals surface area contributed by atoms with Crippen LogP contribution in [0.5, 0.6) is 0 Å². The van der Waals surface area contributed by atoms with Gasteiger partial charge >= 0.3 is 5.97 Å². The zero-order valence-electron chi connectivity index (χ0n) is 28.0.